The maximum atomic E-state index is 12.5. The van der Waals surface area contributed by atoms with Crippen LogP contribution in [-0.2, 0) is 0 Å². The fraction of sp³-hybridized carbons (Fsp3) is 0.357. The van der Waals surface area contributed by atoms with Gasteiger partial charge in [-0.1, -0.05) is 0 Å². The average Bonchev–Trinajstić information content (AvgIpc) is 2.79. The summed E-state index contributed by atoms with van der Waals surface area (Å²) >= 11 is 0. The van der Waals surface area contributed by atoms with Crippen LogP contribution in [0.25, 0.3) is 10.9 Å². The molecule has 1 heterocycles. The Hall–Kier alpha value is -2.01. The highest BCUT2D eigenvalue weighted by Crippen LogP contribution is 2.24. The van der Waals surface area contributed by atoms with E-state index in [-0.39, 0.29) is 12.5 Å². The van der Waals surface area contributed by atoms with Crippen LogP contribution in [0, 0.1) is 0 Å². The molecule has 0 saturated carbocycles. The third-order valence-corrected chi connectivity index (χ3v) is 3.54. The number of rotatable bonds is 3. The van der Waals surface area contributed by atoms with E-state index in [1.54, 1.807) is 30.3 Å². The van der Waals surface area contributed by atoms with Gasteiger partial charge >= 0.3 is 0 Å². The van der Waals surface area contributed by atoms with Crippen molar-refractivity contribution in [2.45, 2.75) is 19.4 Å². The number of aliphatic hydroxyl groups is 1. The van der Waals surface area contributed by atoms with Crippen molar-refractivity contribution in [1.29, 1.82) is 0 Å². The Bertz CT molecular complexity index is 616. The second-order valence-electron chi connectivity index (χ2n) is 5.34. The average molecular weight is 261 g/mol. The highest BCUT2D eigenvalue weighted by molar-refractivity contribution is 6.07. The van der Waals surface area contributed by atoms with Crippen molar-refractivity contribution < 1.29 is 9.90 Å². The lowest BCUT2D eigenvalue weighted by molar-refractivity contribution is 0.0475. The first-order chi connectivity index (χ1) is 8.86. The molecule has 0 unspecified atom stereocenters. The Balaban J connectivity index is 2.42. The topological polar surface area (TPSA) is 82.4 Å². The summed E-state index contributed by atoms with van der Waals surface area (Å²) in [5.74, 6) is -0.130. The van der Waals surface area contributed by atoms with Crippen LogP contribution < -0.4 is 5.73 Å². The second-order valence-corrected chi connectivity index (χ2v) is 5.34. The molecule has 0 fully saturated rings. The molecule has 0 spiro atoms. The van der Waals surface area contributed by atoms with Gasteiger partial charge in [0.1, 0.15) is 0 Å². The lowest BCUT2D eigenvalue weighted by Crippen LogP contribution is -2.47. The minimum atomic E-state index is -0.603. The number of nitrogen functional groups attached to an aromatic ring is 1. The summed E-state index contributed by atoms with van der Waals surface area (Å²) in [7, 11) is 1.69. The lowest BCUT2D eigenvalue weighted by Gasteiger charge is -2.33. The van der Waals surface area contributed by atoms with E-state index >= 15 is 0 Å². The van der Waals surface area contributed by atoms with Gasteiger partial charge in [-0.25, -0.2) is 0 Å². The number of anilines is 1. The predicted molar refractivity (Wildman–Crippen MR) is 76.0 cm³/mol. The van der Waals surface area contributed by atoms with Crippen molar-refractivity contribution in [2.75, 3.05) is 19.4 Å². The molecule has 1 amide bonds. The van der Waals surface area contributed by atoms with E-state index in [4.69, 9.17) is 5.73 Å². The Morgan fingerprint density at radius 1 is 1.47 bits per heavy atom. The lowest BCUT2D eigenvalue weighted by atomic mass is 10.0. The van der Waals surface area contributed by atoms with Crippen LogP contribution in [0.3, 0.4) is 0 Å². The number of benzene rings is 1. The molecule has 0 aliphatic heterocycles. The third kappa shape index (κ3) is 2.29. The van der Waals surface area contributed by atoms with E-state index in [1.807, 2.05) is 19.9 Å². The summed E-state index contributed by atoms with van der Waals surface area (Å²) in [4.78, 5) is 17.1. The molecule has 5 nitrogen and oxygen atoms in total. The van der Waals surface area contributed by atoms with Crippen LogP contribution in [0.5, 0.6) is 0 Å². The van der Waals surface area contributed by atoms with Crippen LogP contribution in [0.1, 0.15) is 24.2 Å². The first kappa shape index (κ1) is 13.4. The van der Waals surface area contributed by atoms with Crippen LogP contribution in [0.15, 0.2) is 24.4 Å². The van der Waals surface area contributed by atoms with Gasteiger partial charge in [-0.15, -0.1) is 0 Å². The quantitative estimate of drug-likeness (QED) is 0.734. The molecule has 0 atom stereocenters. The van der Waals surface area contributed by atoms with Gasteiger partial charge < -0.3 is 20.7 Å². The van der Waals surface area contributed by atoms with Crippen molar-refractivity contribution in [3.8, 4) is 0 Å². The molecule has 1 aromatic carbocycles. The molecule has 2 aromatic rings. The molecule has 102 valence electrons. The van der Waals surface area contributed by atoms with Gasteiger partial charge in [-0.05, 0) is 32.0 Å². The summed E-state index contributed by atoms with van der Waals surface area (Å²) in [6.45, 7) is 3.54. The summed E-state index contributed by atoms with van der Waals surface area (Å²) in [6, 6.07) is 5.39. The fourth-order valence-corrected chi connectivity index (χ4v) is 1.88. The summed E-state index contributed by atoms with van der Waals surface area (Å²) in [6.07, 6.45) is 1.68. The predicted octanol–water partition coefficient (Wildman–Crippen LogP) is 1.59. The summed E-state index contributed by atoms with van der Waals surface area (Å²) in [5.41, 5.74) is 7.17. The molecule has 0 saturated heterocycles. The van der Waals surface area contributed by atoms with E-state index in [0.717, 1.165) is 10.9 Å². The molecule has 1 aromatic heterocycles. The summed E-state index contributed by atoms with van der Waals surface area (Å²) < 4.78 is 0. The number of nitrogens with two attached hydrogens (primary N) is 1. The number of carbonyl (C=O) groups excluding carboxylic acids is 1. The van der Waals surface area contributed by atoms with E-state index in [0.29, 0.717) is 11.3 Å². The van der Waals surface area contributed by atoms with Crippen molar-refractivity contribution in [3.63, 3.8) is 0 Å². The molecule has 2 rings (SSSR count). The zero-order valence-electron chi connectivity index (χ0n) is 11.4. The van der Waals surface area contributed by atoms with Crippen LogP contribution >= 0.6 is 0 Å². The van der Waals surface area contributed by atoms with Gasteiger partial charge in [0.05, 0.1) is 17.7 Å². The SMILES string of the molecule is CN(C(=O)c1c[nH]c2cc(N)ccc12)C(C)(C)CO. The molecular formula is C14H19N3O2. The van der Waals surface area contributed by atoms with Crippen LogP contribution in [-0.4, -0.2) is 40.1 Å². The largest absolute Gasteiger partial charge is 0.399 e. The number of carbonyl (C=O) groups is 1. The zero-order valence-corrected chi connectivity index (χ0v) is 11.4. The molecule has 0 radical (unpaired) electrons. The number of nitrogens with one attached hydrogen (secondary N) is 1. The number of fused-ring (bicyclic) bond motifs is 1. The van der Waals surface area contributed by atoms with Gasteiger partial charge in [-0.3, -0.25) is 4.79 Å². The Kier molecular flexibility index (Phi) is 3.24. The van der Waals surface area contributed by atoms with Gasteiger partial charge in [0, 0.05) is 29.8 Å². The van der Waals surface area contributed by atoms with Crippen LogP contribution in [0.4, 0.5) is 5.69 Å². The second kappa shape index (κ2) is 4.59. The standard InChI is InChI=1S/C14H19N3O2/c1-14(2,8-18)17(3)13(19)11-7-16-12-6-9(15)4-5-10(11)12/h4-7,16,18H,8,15H2,1-3H3. The number of aromatic nitrogens is 1. The number of aromatic amines is 1. The van der Waals surface area contributed by atoms with Crippen molar-refractivity contribution in [3.05, 3.63) is 30.0 Å². The summed E-state index contributed by atoms with van der Waals surface area (Å²) in [5, 5.41) is 10.2. The molecule has 5 heteroatoms. The molecule has 0 aliphatic carbocycles. The zero-order chi connectivity index (χ0) is 14.2. The van der Waals surface area contributed by atoms with Crippen LogP contribution in [0.2, 0.25) is 0 Å². The minimum absolute atomic E-state index is 0.0927. The normalized spacial score (nSPS) is 11.8. The molecule has 0 bridgehead atoms. The maximum Gasteiger partial charge on any atom is 0.256 e. The monoisotopic (exact) mass is 261 g/mol. The third-order valence-electron chi connectivity index (χ3n) is 3.54. The smallest absolute Gasteiger partial charge is 0.256 e. The number of hydrogen-bond acceptors (Lipinski definition) is 3. The first-order valence-electron chi connectivity index (χ1n) is 6.12. The van der Waals surface area contributed by atoms with E-state index in [9.17, 15) is 9.90 Å². The molecule has 4 N–H and O–H groups in total. The Labute approximate surface area is 112 Å². The van der Waals surface area contributed by atoms with Crippen molar-refractivity contribution in [1.82, 2.24) is 9.88 Å². The fourth-order valence-electron chi connectivity index (χ4n) is 1.88. The highest BCUT2D eigenvalue weighted by atomic mass is 16.3. The first-order valence-corrected chi connectivity index (χ1v) is 6.12. The van der Waals surface area contributed by atoms with Gasteiger partial charge in [0.25, 0.3) is 5.91 Å². The Morgan fingerprint density at radius 3 is 2.79 bits per heavy atom. The minimum Gasteiger partial charge on any atom is -0.399 e. The molecule has 0 aliphatic rings. The van der Waals surface area contributed by atoms with Gasteiger partial charge in [-0.2, -0.15) is 0 Å². The Morgan fingerprint density at radius 2 is 2.16 bits per heavy atom. The van der Waals surface area contributed by atoms with E-state index in [1.165, 1.54) is 0 Å². The van der Waals surface area contributed by atoms with Crippen molar-refractivity contribution >= 4 is 22.5 Å². The van der Waals surface area contributed by atoms with Crippen molar-refractivity contribution in [2.24, 2.45) is 0 Å². The molecular weight excluding hydrogens is 242 g/mol. The van der Waals surface area contributed by atoms with Gasteiger partial charge in [0.15, 0.2) is 0 Å². The number of amides is 1. The highest BCUT2D eigenvalue weighted by Gasteiger charge is 2.28. The number of likely N-dealkylation sites (N-methyl/N-ethyl adjacent to an activating group) is 1. The number of nitrogens with zero attached hydrogens (tertiary/aromatic N) is 1. The van der Waals surface area contributed by atoms with E-state index < -0.39 is 5.54 Å². The number of H-pyrrole nitrogens is 1. The van der Waals surface area contributed by atoms with E-state index in [2.05, 4.69) is 4.98 Å². The number of aliphatic hydroxyl groups excluding tert-OH is 1. The van der Waals surface area contributed by atoms with Gasteiger partial charge in [0.2, 0.25) is 0 Å². The molecule has 19 heavy (non-hydrogen) atoms. The number of hydrogen-bond donors (Lipinski definition) is 3. The maximum absolute atomic E-state index is 12.5.